The van der Waals surface area contributed by atoms with Gasteiger partial charge < -0.3 is 15.4 Å². The summed E-state index contributed by atoms with van der Waals surface area (Å²) in [5.41, 5.74) is 5.63. The van der Waals surface area contributed by atoms with E-state index in [0.29, 0.717) is 13.2 Å². The maximum absolute atomic E-state index is 14.1. The third kappa shape index (κ3) is 3.53. The number of rotatable bonds is 4. The fourth-order valence-electron chi connectivity index (χ4n) is 3.92. The standard InChI is InChI=1S/C22H27FN2O/c1-4-11-22(3)12-10-17-8-9-18(14-25(17)21(22)13-24)26-15-19-16(2)6-5-7-20(19)23/h5-7,14,16-17,19,21H,8-9,13,15,24H2,1-3H3. The molecule has 2 N–H and O–H groups in total. The average molecular weight is 354 g/mol. The minimum Gasteiger partial charge on any atom is -0.496 e. The summed E-state index contributed by atoms with van der Waals surface area (Å²) in [6.07, 6.45) is 9.05. The van der Waals surface area contributed by atoms with Gasteiger partial charge in [-0.2, -0.15) is 0 Å². The van der Waals surface area contributed by atoms with E-state index in [-0.39, 0.29) is 29.7 Å². The van der Waals surface area contributed by atoms with Crippen LogP contribution in [-0.4, -0.2) is 30.1 Å². The molecule has 2 heterocycles. The van der Waals surface area contributed by atoms with Crippen LogP contribution >= 0.6 is 0 Å². The molecule has 2 aliphatic heterocycles. The topological polar surface area (TPSA) is 38.5 Å². The molecule has 5 unspecified atom stereocenters. The van der Waals surface area contributed by atoms with Crippen molar-refractivity contribution in [2.75, 3.05) is 13.2 Å². The van der Waals surface area contributed by atoms with E-state index >= 15 is 0 Å². The number of fused-ring (bicyclic) bond motifs is 1. The summed E-state index contributed by atoms with van der Waals surface area (Å²) in [6.45, 7) is 6.71. The quantitative estimate of drug-likeness (QED) is 0.787. The van der Waals surface area contributed by atoms with Crippen LogP contribution in [0.3, 0.4) is 0 Å². The molecular weight excluding hydrogens is 327 g/mol. The van der Waals surface area contributed by atoms with Gasteiger partial charge in [-0.25, -0.2) is 4.39 Å². The van der Waals surface area contributed by atoms with Crippen LogP contribution in [0.5, 0.6) is 0 Å². The summed E-state index contributed by atoms with van der Waals surface area (Å²) >= 11 is 0. The Kier molecular flexibility index (Phi) is 5.44. The Morgan fingerprint density at radius 1 is 1.50 bits per heavy atom. The first-order chi connectivity index (χ1) is 12.5. The number of hydrogen-bond donors (Lipinski definition) is 1. The molecule has 0 aromatic heterocycles. The molecule has 0 radical (unpaired) electrons. The van der Waals surface area contributed by atoms with Crippen LogP contribution in [0.4, 0.5) is 4.39 Å². The van der Waals surface area contributed by atoms with Crippen LogP contribution in [0.2, 0.25) is 0 Å². The minimum atomic E-state index is -0.448. The average Bonchev–Trinajstić information content (AvgIpc) is 2.61. The lowest BCUT2D eigenvalue weighted by atomic mass is 9.78. The molecule has 0 aromatic rings. The van der Waals surface area contributed by atoms with Gasteiger partial charge in [-0.05, 0) is 32.3 Å². The molecule has 4 heteroatoms. The Morgan fingerprint density at radius 2 is 2.31 bits per heavy atom. The monoisotopic (exact) mass is 354 g/mol. The lowest BCUT2D eigenvalue weighted by molar-refractivity contribution is 0.0993. The van der Waals surface area contributed by atoms with E-state index in [1.807, 2.05) is 33.0 Å². The molecule has 0 spiro atoms. The van der Waals surface area contributed by atoms with Gasteiger partial charge in [0.2, 0.25) is 0 Å². The summed E-state index contributed by atoms with van der Waals surface area (Å²) in [5, 5.41) is 0. The molecule has 3 rings (SSSR count). The van der Waals surface area contributed by atoms with Crippen molar-refractivity contribution in [1.29, 1.82) is 0 Å². The van der Waals surface area contributed by atoms with Crippen molar-refractivity contribution in [3.63, 3.8) is 0 Å². The maximum Gasteiger partial charge on any atom is 0.112 e. The number of ether oxygens (including phenoxy) is 1. The van der Waals surface area contributed by atoms with E-state index in [2.05, 4.69) is 28.6 Å². The van der Waals surface area contributed by atoms with E-state index in [1.54, 1.807) is 6.08 Å². The summed E-state index contributed by atoms with van der Waals surface area (Å²) in [7, 11) is 0. The first-order valence-electron chi connectivity index (χ1n) is 9.30. The Hall–Kier alpha value is -2.17. The Balaban J connectivity index is 1.75. The van der Waals surface area contributed by atoms with Gasteiger partial charge in [0.05, 0.1) is 24.6 Å². The van der Waals surface area contributed by atoms with Gasteiger partial charge in [0.25, 0.3) is 0 Å². The predicted molar refractivity (Wildman–Crippen MR) is 102 cm³/mol. The summed E-state index contributed by atoms with van der Waals surface area (Å²) in [4.78, 5) is 2.20. The highest BCUT2D eigenvalue weighted by molar-refractivity contribution is 5.35. The second-order valence-corrected chi connectivity index (χ2v) is 7.41. The van der Waals surface area contributed by atoms with Crippen LogP contribution in [0, 0.1) is 40.9 Å². The Labute approximate surface area is 156 Å². The van der Waals surface area contributed by atoms with Gasteiger partial charge in [-0.15, -0.1) is 5.92 Å². The van der Waals surface area contributed by atoms with Crippen LogP contribution in [-0.2, 0) is 4.74 Å². The molecule has 1 aliphatic carbocycles. The van der Waals surface area contributed by atoms with Gasteiger partial charge in [-0.1, -0.05) is 36.8 Å². The van der Waals surface area contributed by atoms with Gasteiger partial charge in [-0.3, -0.25) is 0 Å². The van der Waals surface area contributed by atoms with E-state index in [1.165, 1.54) is 6.08 Å². The fourth-order valence-corrected chi connectivity index (χ4v) is 3.92. The molecule has 26 heavy (non-hydrogen) atoms. The molecule has 0 saturated carbocycles. The normalized spacial score (nSPS) is 35.2. The highest BCUT2D eigenvalue weighted by Crippen LogP contribution is 2.35. The second kappa shape index (κ2) is 7.60. The molecule has 138 valence electrons. The van der Waals surface area contributed by atoms with E-state index in [0.717, 1.165) is 18.6 Å². The van der Waals surface area contributed by atoms with Gasteiger partial charge in [0.15, 0.2) is 0 Å². The van der Waals surface area contributed by atoms with Crippen molar-refractivity contribution in [1.82, 2.24) is 4.90 Å². The number of hydrogen-bond acceptors (Lipinski definition) is 3. The second-order valence-electron chi connectivity index (χ2n) is 7.41. The Bertz CT molecular complexity index is 760. The summed E-state index contributed by atoms with van der Waals surface area (Å²) in [6, 6.07) is 0.170. The smallest absolute Gasteiger partial charge is 0.112 e. The third-order valence-corrected chi connectivity index (χ3v) is 5.56. The van der Waals surface area contributed by atoms with E-state index in [9.17, 15) is 4.39 Å². The molecule has 3 nitrogen and oxygen atoms in total. The zero-order valence-electron chi connectivity index (χ0n) is 15.8. The predicted octanol–water partition coefficient (Wildman–Crippen LogP) is 3.36. The van der Waals surface area contributed by atoms with E-state index in [4.69, 9.17) is 10.5 Å². The number of halogens is 1. The molecule has 0 amide bonds. The highest BCUT2D eigenvalue weighted by Gasteiger charge is 2.41. The number of nitrogens with two attached hydrogens (primary N) is 1. The van der Waals surface area contributed by atoms with Crippen molar-refractivity contribution < 1.29 is 9.13 Å². The van der Waals surface area contributed by atoms with E-state index < -0.39 is 5.41 Å². The molecule has 0 bridgehead atoms. The first-order valence-corrected chi connectivity index (χ1v) is 9.30. The SMILES string of the molecule is CC#CC1(C)C#CC2CCC(OCC3C(F)=CC=CC3C)=CN2C1CN. The van der Waals surface area contributed by atoms with Crippen molar-refractivity contribution in [3.05, 3.63) is 36.0 Å². The molecule has 0 saturated heterocycles. The lowest BCUT2D eigenvalue weighted by Gasteiger charge is -2.45. The Morgan fingerprint density at radius 3 is 3.00 bits per heavy atom. The third-order valence-electron chi connectivity index (χ3n) is 5.56. The molecule has 3 aliphatic rings. The maximum atomic E-state index is 14.1. The van der Waals surface area contributed by atoms with Crippen molar-refractivity contribution >= 4 is 0 Å². The fraction of sp³-hybridized carbons (Fsp3) is 0.545. The van der Waals surface area contributed by atoms with Crippen molar-refractivity contribution in [2.24, 2.45) is 23.0 Å². The van der Waals surface area contributed by atoms with Crippen molar-refractivity contribution in [3.8, 4) is 23.7 Å². The van der Waals surface area contributed by atoms with Gasteiger partial charge in [0, 0.05) is 19.2 Å². The van der Waals surface area contributed by atoms with Gasteiger partial charge in [0.1, 0.15) is 17.0 Å². The van der Waals surface area contributed by atoms with Crippen LogP contribution in [0.1, 0.15) is 33.6 Å². The van der Waals surface area contributed by atoms with Gasteiger partial charge >= 0.3 is 0 Å². The summed E-state index contributed by atoms with van der Waals surface area (Å²) in [5.74, 6) is 13.6. The molecule has 0 fully saturated rings. The minimum absolute atomic E-state index is 0.0215. The molecule has 0 aromatic carbocycles. The molecule has 5 atom stereocenters. The lowest BCUT2D eigenvalue weighted by Crippen LogP contribution is -2.55. The highest BCUT2D eigenvalue weighted by atomic mass is 19.1. The number of nitrogens with zero attached hydrogens (tertiary/aromatic N) is 1. The first kappa shape index (κ1) is 18.6. The number of allylic oxidation sites excluding steroid dienone is 4. The van der Waals surface area contributed by atoms with Crippen molar-refractivity contribution in [2.45, 2.75) is 45.7 Å². The summed E-state index contributed by atoms with van der Waals surface area (Å²) < 4.78 is 20.1. The zero-order valence-corrected chi connectivity index (χ0v) is 15.8. The van der Waals surface area contributed by atoms with Crippen LogP contribution in [0.25, 0.3) is 0 Å². The van der Waals surface area contributed by atoms with Crippen LogP contribution in [0.15, 0.2) is 36.0 Å². The largest absolute Gasteiger partial charge is 0.496 e. The van der Waals surface area contributed by atoms with Crippen LogP contribution < -0.4 is 5.73 Å². The molecular formula is C22H27FN2O. The zero-order chi connectivity index (χ0) is 18.7.